The quantitative estimate of drug-likeness (QED) is 0.854. The van der Waals surface area contributed by atoms with Crippen LogP contribution < -0.4 is 10.6 Å². The molecule has 2 nitrogen and oxygen atoms in total. The molecule has 0 bridgehead atoms. The lowest BCUT2D eigenvalue weighted by Gasteiger charge is -2.30. The third-order valence-corrected chi connectivity index (χ3v) is 3.80. The van der Waals surface area contributed by atoms with Crippen LogP contribution in [0.5, 0.6) is 0 Å². The molecule has 98 valence electrons. The Bertz CT molecular complexity index is 452. The van der Waals surface area contributed by atoms with E-state index in [-0.39, 0.29) is 0 Å². The molecule has 1 aliphatic heterocycles. The summed E-state index contributed by atoms with van der Waals surface area (Å²) in [6.45, 7) is 3.19. The summed E-state index contributed by atoms with van der Waals surface area (Å²) in [7, 11) is 0. The maximum atomic E-state index is 3.65. The Morgan fingerprint density at radius 1 is 0.895 bits per heavy atom. The minimum Gasteiger partial charge on any atom is -0.314 e. The van der Waals surface area contributed by atoms with E-state index in [1.807, 2.05) is 0 Å². The zero-order valence-electron chi connectivity index (χ0n) is 11.0. The Kier molecular flexibility index (Phi) is 3.92. The highest BCUT2D eigenvalue weighted by molar-refractivity contribution is 5.32. The molecule has 2 aromatic rings. The predicted molar refractivity (Wildman–Crippen MR) is 79.4 cm³/mol. The number of rotatable bonds is 5. The first kappa shape index (κ1) is 12.4. The Hall–Kier alpha value is -1.64. The summed E-state index contributed by atoms with van der Waals surface area (Å²) in [5.41, 5.74) is 2.77. The van der Waals surface area contributed by atoms with Gasteiger partial charge in [-0.25, -0.2) is 0 Å². The van der Waals surface area contributed by atoms with Crippen molar-refractivity contribution in [2.24, 2.45) is 0 Å². The van der Waals surface area contributed by atoms with Crippen LogP contribution in [0.4, 0.5) is 0 Å². The Morgan fingerprint density at radius 3 is 1.84 bits per heavy atom. The lowest BCUT2D eigenvalue weighted by molar-refractivity contribution is 0.363. The van der Waals surface area contributed by atoms with Crippen LogP contribution in [-0.2, 0) is 0 Å². The monoisotopic (exact) mass is 252 g/mol. The lowest BCUT2D eigenvalue weighted by atomic mass is 9.91. The summed E-state index contributed by atoms with van der Waals surface area (Å²) in [5.74, 6) is 0.433. The number of nitrogens with one attached hydrogen (secondary N) is 2. The molecule has 0 saturated carbocycles. The first-order valence-electron chi connectivity index (χ1n) is 6.97. The molecule has 19 heavy (non-hydrogen) atoms. The first-order valence-corrected chi connectivity index (χ1v) is 6.97. The van der Waals surface area contributed by atoms with E-state index in [2.05, 4.69) is 71.3 Å². The minimum atomic E-state index is 0.433. The average Bonchev–Trinajstić information content (AvgIpc) is 2.43. The van der Waals surface area contributed by atoms with Crippen LogP contribution in [0.1, 0.15) is 17.0 Å². The molecule has 1 heterocycles. The normalized spacial score (nSPS) is 15.4. The molecule has 2 aromatic carbocycles. The van der Waals surface area contributed by atoms with Gasteiger partial charge >= 0.3 is 0 Å². The van der Waals surface area contributed by atoms with Gasteiger partial charge in [0, 0.05) is 31.6 Å². The molecule has 0 radical (unpaired) electrons. The summed E-state index contributed by atoms with van der Waals surface area (Å²) >= 11 is 0. The second kappa shape index (κ2) is 6.00. The van der Waals surface area contributed by atoms with Crippen molar-refractivity contribution in [1.29, 1.82) is 0 Å². The number of hydrogen-bond donors (Lipinski definition) is 2. The van der Waals surface area contributed by atoms with Crippen LogP contribution in [0.25, 0.3) is 0 Å². The van der Waals surface area contributed by atoms with Gasteiger partial charge < -0.3 is 10.6 Å². The van der Waals surface area contributed by atoms with Gasteiger partial charge in [-0.1, -0.05) is 60.7 Å². The van der Waals surface area contributed by atoms with E-state index in [0.717, 1.165) is 19.6 Å². The van der Waals surface area contributed by atoms with Crippen LogP contribution >= 0.6 is 0 Å². The molecule has 0 aromatic heterocycles. The Labute approximate surface area is 114 Å². The van der Waals surface area contributed by atoms with Gasteiger partial charge in [-0.3, -0.25) is 0 Å². The fourth-order valence-electron chi connectivity index (χ4n) is 2.52. The average molecular weight is 252 g/mol. The summed E-state index contributed by atoms with van der Waals surface area (Å²) in [6, 6.07) is 22.2. The number of benzene rings is 2. The van der Waals surface area contributed by atoms with Crippen molar-refractivity contribution in [2.45, 2.75) is 12.0 Å². The highest BCUT2D eigenvalue weighted by Gasteiger charge is 2.19. The first-order chi connectivity index (χ1) is 9.43. The van der Waals surface area contributed by atoms with Crippen LogP contribution in [0.15, 0.2) is 60.7 Å². The Balaban J connectivity index is 1.78. The van der Waals surface area contributed by atoms with Crippen LogP contribution in [0.2, 0.25) is 0 Å². The van der Waals surface area contributed by atoms with Gasteiger partial charge in [0.05, 0.1) is 0 Å². The van der Waals surface area contributed by atoms with E-state index >= 15 is 0 Å². The van der Waals surface area contributed by atoms with E-state index in [9.17, 15) is 0 Å². The fraction of sp³-hybridized carbons (Fsp3) is 0.294. The summed E-state index contributed by atoms with van der Waals surface area (Å²) in [4.78, 5) is 0. The third-order valence-electron chi connectivity index (χ3n) is 3.80. The zero-order valence-corrected chi connectivity index (χ0v) is 11.0. The van der Waals surface area contributed by atoms with Crippen LogP contribution in [0.3, 0.4) is 0 Å². The highest BCUT2D eigenvalue weighted by atomic mass is 15.1. The van der Waals surface area contributed by atoms with Gasteiger partial charge in [-0.15, -0.1) is 0 Å². The molecule has 0 spiro atoms. The molecular formula is C17H20N2. The molecule has 0 unspecified atom stereocenters. The maximum absolute atomic E-state index is 3.65. The SMILES string of the molecule is c1ccc(C(CNC2CNC2)c2ccccc2)cc1. The molecular weight excluding hydrogens is 232 g/mol. The summed E-state index contributed by atoms with van der Waals surface area (Å²) in [6.07, 6.45) is 0. The second-order valence-electron chi connectivity index (χ2n) is 5.14. The van der Waals surface area contributed by atoms with Crippen molar-refractivity contribution < 1.29 is 0 Å². The third kappa shape index (κ3) is 3.03. The lowest BCUT2D eigenvalue weighted by Crippen LogP contribution is -2.56. The van der Waals surface area contributed by atoms with E-state index in [1.54, 1.807) is 0 Å². The van der Waals surface area contributed by atoms with Crippen molar-refractivity contribution in [2.75, 3.05) is 19.6 Å². The smallest absolute Gasteiger partial charge is 0.0317 e. The van der Waals surface area contributed by atoms with Crippen molar-refractivity contribution in [1.82, 2.24) is 10.6 Å². The molecule has 3 rings (SSSR count). The van der Waals surface area contributed by atoms with Crippen molar-refractivity contribution in [3.05, 3.63) is 71.8 Å². The minimum absolute atomic E-state index is 0.433. The molecule has 1 aliphatic rings. The van der Waals surface area contributed by atoms with Gasteiger partial charge in [-0.05, 0) is 11.1 Å². The molecule has 0 aliphatic carbocycles. The van der Waals surface area contributed by atoms with Crippen LogP contribution in [-0.4, -0.2) is 25.7 Å². The standard InChI is InChI=1S/C17H20N2/c1-3-7-14(8-4-1)17(13-19-16-11-18-12-16)15-9-5-2-6-10-15/h1-10,16-19H,11-13H2. The van der Waals surface area contributed by atoms with Gasteiger partial charge in [-0.2, -0.15) is 0 Å². The van der Waals surface area contributed by atoms with E-state index < -0.39 is 0 Å². The summed E-state index contributed by atoms with van der Waals surface area (Å²) < 4.78 is 0. The predicted octanol–water partition coefficient (Wildman–Crippen LogP) is 2.38. The molecule has 2 N–H and O–H groups in total. The van der Waals surface area contributed by atoms with Gasteiger partial charge in [0.2, 0.25) is 0 Å². The molecule has 1 saturated heterocycles. The van der Waals surface area contributed by atoms with E-state index in [1.165, 1.54) is 11.1 Å². The van der Waals surface area contributed by atoms with Crippen molar-refractivity contribution in [3.63, 3.8) is 0 Å². The topological polar surface area (TPSA) is 24.1 Å². The van der Waals surface area contributed by atoms with Gasteiger partial charge in [0.1, 0.15) is 0 Å². The van der Waals surface area contributed by atoms with Crippen molar-refractivity contribution >= 4 is 0 Å². The summed E-state index contributed by atoms with van der Waals surface area (Å²) in [5, 5.41) is 6.96. The number of hydrogen-bond acceptors (Lipinski definition) is 2. The molecule has 1 fully saturated rings. The fourth-order valence-corrected chi connectivity index (χ4v) is 2.52. The molecule has 0 atom stereocenters. The van der Waals surface area contributed by atoms with E-state index in [4.69, 9.17) is 0 Å². The molecule has 2 heteroatoms. The van der Waals surface area contributed by atoms with Gasteiger partial charge in [0.25, 0.3) is 0 Å². The highest BCUT2D eigenvalue weighted by Crippen LogP contribution is 2.23. The maximum Gasteiger partial charge on any atom is 0.0317 e. The molecule has 0 amide bonds. The van der Waals surface area contributed by atoms with E-state index in [0.29, 0.717) is 12.0 Å². The Morgan fingerprint density at radius 2 is 1.42 bits per heavy atom. The largest absolute Gasteiger partial charge is 0.314 e. The van der Waals surface area contributed by atoms with Gasteiger partial charge in [0.15, 0.2) is 0 Å². The zero-order chi connectivity index (χ0) is 12.9. The second-order valence-corrected chi connectivity index (χ2v) is 5.14. The van der Waals surface area contributed by atoms with Crippen LogP contribution in [0, 0.1) is 0 Å². The van der Waals surface area contributed by atoms with Crippen molar-refractivity contribution in [3.8, 4) is 0 Å².